The molecule has 0 aliphatic heterocycles. The zero-order valence-electron chi connectivity index (χ0n) is 15.8. The van der Waals surface area contributed by atoms with Crippen LogP contribution in [0.3, 0.4) is 0 Å². The predicted octanol–water partition coefficient (Wildman–Crippen LogP) is 5.50. The van der Waals surface area contributed by atoms with Gasteiger partial charge in [-0.25, -0.2) is 0 Å². The highest BCUT2D eigenvalue weighted by Gasteiger charge is 2.32. The Kier molecular flexibility index (Phi) is 8.88. The third-order valence-corrected chi connectivity index (χ3v) is 4.45. The Bertz CT molecular complexity index is 471. The van der Waals surface area contributed by atoms with E-state index in [9.17, 15) is 9.90 Å². The van der Waals surface area contributed by atoms with Crippen molar-refractivity contribution in [2.75, 3.05) is 6.61 Å². The third-order valence-electron chi connectivity index (χ3n) is 4.45. The number of rotatable bonds is 10. The number of carbonyl (C=O) groups excluding carboxylic acids is 1. The Hall–Kier alpha value is -1.51. The van der Waals surface area contributed by atoms with Gasteiger partial charge in [-0.1, -0.05) is 71.9 Å². The molecular formula is C21H34O3. The van der Waals surface area contributed by atoms with Crippen LogP contribution in [0.2, 0.25) is 0 Å². The second-order valence-electron chi connectivity index (χ2n) is 7.72. The second-order valence-corrected chi connectivity index (χ2v) is 7.72. The van der Waals surface area contributed by atoms with Gasteiger partial charge in [0.1, 0.15) is 5.75 Å². The van der Waals surface area contributed by atoms with E-state index in [0.29, 0.717) is 13.0 Å². The van der Waals surface area contributed by atoms with Crippen molar-refractivity contribution in [1.29, 1.82) is 0 Å². The predicted molar refractivity (Wildman–Crippen MR) is 99.1 cm³/mol. The number of aromatic hydroxyl groups is 1. The van der Waals surface area contributed by atoms with E-state index in [0.717, 1.165) is 18.4 Å². The minimum absolute atomic E-state index is 0.107. The van der Waals surface area contributed by atoms with Crippen molar-refractivity contribution < 1.29 is 14.6 Å². The molecule has 136 valence electrons. The summed E-state index contributed by atoms with van der Waals surface area (Å²) in [5.41, 5.74) is 0.889. The second kappa shape index (κ2) is 10.4. The molecule has 1 atom stereocenters. The fourth-order valence-electron chi connectivity index (χ4n) is 2.77. The zero-order chi connectivity index (χ0) is 18.0. The molecule has 1 unspecified atom stereocenters. The molecule has 1 rings (SSSR count). The van der Waals surface area contributed by atoms with Crippen molar-refractivity contribution in [3.8, 4) is 5.75 Å². The van der Waals surface area contributed by atoms with Gasteiger partial charge in [-0.3, -0.25) is 4.79 Å². The summed E-state index contributed by atoms with van der Waals surface area (Å²) < 4.78 is 5.54. The average molecular weight is 335 g/mol. The number of phenolic OH excluding ortho intramolecular Hbond substituents is 1. The van der Waals surface area contributed by atoms with Crippen molar-refractivity contribution in [2.45, 2.75) is 72.6 Å². The molecule has 0 spiro atoms. The van der Waals surface area contributed by atoms with Crippen LogP contribution < -0.4 is 0 Å². The number of benzene rings is 1. The molecule has 0 fully saturated rings. The van der Waals surface area contributed by atoms with Crippen LogP contribution >= 0.6 is 0 Å². The van der Waals surface area contributed by atoms with E-state index in [2.05, 4.69) is 27.7 Å². The molecule has 1 aromatic carbocycles. The summed E-state index contributed by atoms with van der Waals surface area (Å²) in [6, 6.07) is 7.07. The first kappa shape index (κ1) is 20.5. The van der Waals surface area contributed by atoms with Gasteiger partial charge in [0.25, 0.3) is 0 Å². The summed E-state index contributed by atoms with van der Waals surface area (Å²) in [4.78, 5) is 12.5. The van der Waals surface area contributed by atoms with Gasteiger partial charge in [0.05, 0.1) is 12.5 Å². The van der Waals surface area contributed by atoms with Crippen LogP contribution in [0.4, 0.5) is 0 Å². The molecule has 0 aromatic heterocycles. The highest BCUT2D eigenvalue weighted by molar-refractivity contribution is 5.73. The molecule has 0 saturated heterocycles. The summed E-state index contributed by atoms with van der Waals surface area (Å²) in [6.07, 6.45) is 7.76. The number of phenols is 1. The smallest absolute Gasteiger partial charge is 0.309 e. The Labute approximate surface area is 147 Å². The summed E-state index contributed by atoms with van der Waals surface area (Å²) >= 11 is 0. The standard InChI is InChI=1S/C21H34O3/c1-5-6-7-8-9-10-15-24-20(23)19(21(2,3)4)16-17-11-13-18(22)14-12-17/h11-14,19,22H,5-10,15-16H2,1-4H3. The lowest BCUT2D eigenvalue weighted by molar-refractivity contribution is -0.152. The van der Waals surface area contributed by atoms with Crippen molar-refractivity contribution in [2.24, 2.45) is 11.3 Å². The van der Waals surface area contributed by atoms with Gasteiger partial charge in [-0.2, -0.15) is 0 Å². The first-order valence-electron chi connectivity index (χ1n) is 9.29. The van der Waals surface area contributed by atoms with E-state index in [1.54, 1.807) is 12.1 Å². The lowest BCUT2D eigenvalue weighted by Gasteiger charge is -2.29. The van der Waals surface area contributed by atoms with Crippen LogP contribution in [0.1, 0.15) is 71.8 Å². The monoisotopic (exact) mass is 334 g/mol. The van der Waals surface area contributed by atoms with Gasteiger partial charge >= 0.3 is 5.97 Å². The van der Waals surface area contributed by atoms with Gasteiger partial charge in [-0.15, -0.1) is 0 Å². The molecule has 0 bridgehead atoms. The molecule has 1 N–H and O–H groups in total. The van der Waals surface area contributed by atoms with Crippen LogP contribution in [0.25, 0.3) is 0 Å². The van der Waals surface area contributed by atoms with E-state index < -0.39 is 0 Å². The minimum atomic E-state index is -0.179. The van der Waals surface area contributed by atoms with E-state index in [1.807, 2.05) is 12.1 Å². The fraction of sp³-hybridized carbons (Fsp3) is 0.667. The van der Waals surface area contributed by atoms with Crippen LogP contribution in [0.15, 0.2) is 24.3 Å². The van der Waals surface area contributed by atoms with E-state index in [1.165, 1.54) is 25.7 Å². The lowest BCUT2D eigenvalue weighted by Crippen LogP contribution is -2.32. The zero-order valence-corrected chi connectivity index (χ0v) is 15.8. The van der Waals surface area contributed by atoms with Crippen molar-refractivity contribution in [3.63, 3.8) is 0 Å². The van der Waals surface area contributed by atoms with Crippen molar-refractivity contribution in [3.05, 3.63) is 29.8 Å². The van der Waals surface area contributed by atoms with E-state index in [4.69, 9.17) is 4.74 Å². The van der Waals surface area contributed by atoms with Gasteiger partial charge in [-0.05, 0) is 36.0 Å². The van der Waals surface area contributed by atoms with Gasteiger partial charge in [0, 0.05) is 0 Å². The number of esters is 1. The van der Waals surface area contributed by atoms with Crippen LogP contribution in [-0.2, 0) is 16.0 Å². The number of unbranched alkanes of at least 4 members (excludes halogenated alkanes) is 5. The van der Waals surface area contributed by atoms with Crippen LogP contribution in [-0.4, -0.2) is 17.7 Å². The number of ether oxygens (including phenoxy) is 1. The molecule has 0 amide bonds. The van der Waals surface area contributed by atoms with E-state index in [-0.39, 0.29) is 23.1 Å². The van der Waals surface area contributed by atoms with Gasteiger partial charge in [0.15, 0.2) is 0 Å². The van der Waals surface area contributed by atoms with Crippen molar-refractivity contribution >= 4 is 5.97 Å². The molecule has 24 heavy (non-hydrogen) atoms. The quantitative estimate of drug-likeness (QED) is 0.454. The molecule has 0 aliphatic carbocycles. The normalized spacial score (nSPS) is 12.8. The largest absolute Gasteiger partial charge is 0.508 e. The highest BCUT2D eigenvalue weighted by atomic mass is 16.5. The van der Waals surface area contributed by atoms with Gasteiger partial charge < -0.3 is 9.84 Å². The SMILES string of the molecule is CCCCCCCCOC(=O)C(Cc1ccc(O)cc1)C(C)(C)C. The number of hydrogen-bond acceptors (Lipinski definition) is 3. The summed E-state index contributed by atoms with van der Waals surface area (Å²) in [6.45, 7) is 8.95. The molecule has 3 nitrogen and oxygen atoms in total. The molecule has 1 aromatic rings. The third kappa shape index (κ3) is 7.85. The fourth-order valence-corrected chi connectivity index (χ4v) is 2.77. The first-order chi connectivity index (χ1) is 11.3. The van der Waals surface area contributed by atoms with Crippen LogP contribution in [0, 0.1) is 11.3 Å². The number of hydrogen-bond donors (Lipinski definition) is 1. The minimum Gasteiger partial charge on any atom is -0.508 e. The summed E-state index contributed by atoms with van der Waals surface area (Å²) in [5.74, 6) is -0.0389. The lowest BCUT2D eigenvalue weighted by atomic mass is 9.77. The summed E-state index contributed by atoms with van der Waals surface area (Å²) in [5, 5.41) is 9.39. The Morgan fingerprint density at radius 1 is 1.04 bits per heavy atom. The highest BCUT2D eigenvalue weighted by Crippen LogP contribution is 2.30. The summed E-state index contributed by atoms with van der Waals surface area (Å²) in [7, 11) is 0. The topological polar surface area (TPSA) is 46.5 Å². The molecule has 0 saturated carbocycles. The Morgan fingerprint density at radius 2 is 1.62 bits per heavy atom. The molecule has 0 radical (unpaired) electrons. The van der Waals surface area contributed by atoms with Crippen molar-refractivity contribution in [1.82, 2.24) is 0 Å². The number of carbonyl (C=O) groups is 1. The first-order valence-corrected chi connectivity index (χ1v) is 9.29. The molecule has 0 aliphatic rings. The maximum absolute atomic E-state index is 12.5. The maximum Gasteiger partial charge on any atom is 0.309 e. The maximum atomic E-state index is 12.5. The molecular weight excluding hydrogens is 300 g/mol. The van der Waals surface area contributed by atoms with Gasteiger partial charge in [0.2, 0.25) is 0 Å². The van der Waals surface area contributed by atoms with Crippen LogP contribution in [0.5, 0.6) is 5.75 Å². The molecule has 3 heteroatoms. The van der Waals surface area contributed by atoms with E-state index >= 15 is 0 Å². The average Bonchev–Trinajstić information content (AvgIpc) is 2.52. The Morgan fingerprint density at radius 3 is 2.21 bits per heavy atom. The Balaban J connectivity index is 2.46. The molecule has 0 heterocycles.